The number of hydrogen-bond acceptors (Lipinski definition) is 7. The Hall–Kier alpha value is -4.20. The molecule has 2 amide bonds. The summed E-state index contributed by atoms with van der Waals surface area (Å²) in [4.78, 5) is 36.9. The third-order valence-electron chi connectivity index (χ3n) is 6.17. The van der Waals surface area contributed by atoms with Crippen molar-refractivity contribution >= 4 is 17.5 Å². The maximum absolute atomic E-state index is 12.4. The van der Waals surface area contributed by atoms with Crippen LogP contribution < -0.4 is 20.9 Å². The van der Waals surface area contributed by atoms with Gasteiger partial charge in [-0.2, -0.15) is 0 Å². The van der Waals surface area contributed by atoms with Gasteiger partial charge in [-0.1, -0.05) is 17.3 Å². The molecule has 1 unspecified atom stereocenters. The highest BCUT2D eigenvalue weighted by Crippen LogP contribution is 2.23. The van der Waals surface area contributed by atoms with Crippen molar-refractivity contribution in [3.05, 3.63) is 70.4 Å². The summed E-state index contributed by atoms with van der Waals surface area (Å²) in [6.07, 6.45) is 0.851. The first-order chi connectivity index (χ1) is 19.1. The lowest BCUT2D eigenvalue weighted by Crippen LogP contribution is -2.23. The van der Waals surface area contributed by atoms with Crippen LogP contribution in [0.3, 0.4) is 0 Å². The summed E-state index contributed by atoms with van der Waals surface area (Å²) < 4.78 is 49.4. The molecule has 1 aliphatic rings. The minimum absolute atomic E-state index is 0.0204. The van der Waals surface area contributed by atoms with Gasteiger partial charge in [-0.05, 0) is 48.9 Å². The molecule has 3 aromatic rings. The molecular weight excluding hydrogens is 533 g/mol. The molecule has 1 aromatic carbocycles. The van der Waals surface area contributed by atoms with E-state index in [1.54, 1.807) is 22.9 Å². The summed E-state index contributed by atoms with van der Waals surface area (Å²) in [5.74, 6) is -0.827. The van der Waals surface area contributed by atoms with E-state index in [1.807, 2.05) is 0 Å². The first kappa shape index (κ1) is 28.8. The smallest absolute Gasteiger partial charge is 0.406 e. The highest BCUT2D eigenvalue weighted by Gasteiger charge is 2.31. The zero-order valence-corrected chi connectivity index (χ0v) is 21.5. The lowest BCUT2D eigenvalue weighted by molar-refractivity contribution is -0.274. The molecule has 1 aliphatic heterocycles. The summed E-state index contributed by atoms with van der Waals surface area (Å²) in [6.45, 7) is 2.16. The lowest BCUT2D eigenvalue weighted by atomic mass is 10.0. The predicted molar refractivity (Wildman–Crippen MR) is 136 cm³/mol. The number of nitrogens with zero attached hydrogens (tertiary/aromatic N) is 4. The van der Waals surface area contributed by atoms with Crippen LogP contribution in [0.25, 0.3) is 0 Å². The van der Waals surface area contributed by atoms with Crippen molar-refractivity contribution in [2.24, 2.45) is 5.92 Å². The standard InChI is InChI=1S/C26H29F3N6O5/c27-26(28,29)40-21-5-3-4-18(12-21)15-30-25(38)22-16-35(33-32-22)9-2-1-8-34-10-6-20(14-24(34)37)31-23(36)13-19-7-11-39-17-19/h3-6,10,12,14,16,19H,1-2,7-9,11,13,15,17H2,(H,30,38)(H,31,36). The molecule has 0 aliphatic carbocycles. The number of benzene rings is 1. The predicted octanol–water partition coefficient (Wildman–Crippen LogP) is 3.11. The second-order valence-electron chi connectivity index (χ2n) is 9.38. The number of carbonyl (C=O) groups excluding carboxylic acids is 2. The Bertz CT molecular complexity index is 1370. The van der Waals surface area contributed by atoms with Crippen molar-refractivity contribution in [2.45, 2.75) is 51.7 Å². The van der Waals surface area contributed by atoms with E-state index < -0.39 is 12.3 Å². The van der Waals surface area contributed by atoms with E-state index in [4.69, 9.17) is 4.74 Å². The van der Waals surface area contributed by atoms with Crippen LogP contribution in [0.15, 0.2) is 53.6 Å². The summed E-state index contributed by atoms with van der Waals surface area (Å²) in [6, 6.07) is 8.39. The Morgan fingerprint density at radius 3 is 2.73 bits per heavy atom. The van der Waals surface area contributed by atoms with E-state index in [0.717, 1.165) is 6.42 Å². The van der Waals surface area contributed by atoms with E-state index >= 15 is 0 Å². The molecule has 2 aromatic heterocycles. The van der Waals surface area contributed by atoms with Crippen LogP contribution in [-0.4, -0.2) is 51.0 Å². The highest BCUT2D eigenvalue weighted by atomic mass is 19.4. The molecule has 214 valence electrons. The van der Waals surface area contributed by atoms with Crippen molar-refractivity contribution in [3.63, 3.8) is 0 Å². The molecule has 0 bridgehead atoms. The van der Waals surface area contributed by atoms with Crippen LogP contribution in [0.4, 0.5) is 18.9 Å². The van der Waals surface area contributed by atoms with Gasteiger partial charge < -0.3 is 24.7 Å². The molecule has 1 saturated heterocycles. The molecular formula is C26H29F3N6O5. The normalized spacial score (nSPS) is 15.1. The number of hydrogen-bond donors (Lipinski definition) is 2. The quantitative estimate of drug-likeness (QED) is 0.325. The summed E-state index contributed by atoms with van der Waals surface area (Å²) in [7, 11) is 0. The number of unbranched alkanes of at least 4 members (excludes halogenated alkanes) is 1. The zero-order valence-electron chi connectivity index (χ0n) is 21.5. The zero-order chi connectivity index (χ0) is 28.5. The van der Waals surface area contributed by atoms with Gasteiger partial charge >= 0.3 is 6.36 Å². The van der Waals surface area contributed by atoms with E-state index in [-0.39, 0.29) is 35.4 Å². The van der Waals surface area contributed by atoms with Crippen LogP contribution in [-0.2, 0) is 29.2 Å². The van der Waals surface area contributed by atoms with Gasteiger partial charge in [0.25, 0.3) is 11.5 Å². The fraction of sp³-hybridized carbons (Fsp3) is 0.423. The summed E-state index contributed by atoms with van der Waals surface area (Å²) in [5, 5.41) is 13.1. The van der Waals surface area contributed by atoms with Gasteiger partial charge in [-0.15, -0.1) is 18.3 Å². The second-order valence-corrected chi connectivity index (χ2v) is 9.38. The van der Waals surface area contributed by atoms with Crippen molar-refractivity contribution in [2.75, 3.05) is 18.5 Å². The minimum atomic E-state index is -4.80. The Morgan fingerprint density at radius 1 is 1.15 bits per heavy atom. The Balaban J connectivity index is 1.18. The van der Waals surface area contributed by atoms with E-state index in [0.29, 0.717) is 56.8 Å². The molecule has 4 rings (SSSR count). The second kappa shape index (κ2) is 13.2. The van der Waals surface area contributed by atoms with Crippen molar-refractivity contribution < 1.29 is 32.2 Å². The van der Waals surface area contributed by atoms with Crippen LogP contribution in [0.5, 0.6) is 5.75 Å². The number of aromatic nitrogens is 4. The van der Waals surface area contributed by atoms with E-state index in [2.05, 4.69) is 25.7 Å². The molecule has 1 fully saturated rings. The summed E-state index contributed by atoms with van der Waals surface area (Å²) >= 11 is 0. The average Bonchev–Trinajstić information content (AvgIpc) is 3.58. The highest BCUT2D eigenvalue weighted by molar-refractivity contribution is 5.92. The minimum Gasteiger partial charge on any atom is -0.406 e. The number of ether oxygens (including phenoxy) is 2. The Morgan fingerprint density at radius 2 is 1.98 bits per heavy atom. The lowest BCUT2D eigenvalue weighted by Gasteiger charge is -2.10. The number of rotatable bonds is 12. The first-order valence-corrected chi connectivity index (χ1v) is 12.8. The van der Waals surface area contributed by atoms with Gasteiger partial charge in [0.1, 0.15) is 5.75 Å². The fourth-order valence-corrected chi connectivity index (χ4v) is 4.18. The number of aryl methyl sites for hydroxylation is 2. The van der Waals surface area contributed by atoms with Crippen LogP contribution >= 0.6 is 0 Å². The summed E-state index contributed by atoms with van der Waals surface area (Å²) in [5.41, 5.74) is 0.725. The Kier molecular flexibility index (Phi) is 9.53. The van der Waals surface area contributed by atoms with Gasteiger partial charge in [0.2, 0.25) is 5.91 Å². The van der Waals surface area contributed by atoms with Crippen molar-refractivity contribution in [3.8, 4) is 5.75 Å². The first-order valence-electron chi connectivity index (χ1n) is 12.8. The number of nitrogens with one attached hydrogen (secondary N) is 2. The van der Waals surface area contributed by atoms with Crippen molar-refractivity contribution in [1.29, 1.82) is 0 Å². The van der Waals surface area contributed by atoms with Gasteiger partial charge in [0.05, 0.1) is 6.20 Å². The van der Waals surface area contributed by atoms with E-state index in [9.17, 15) is 27.6 Å². The maximum Gasteiger partial charge on any atom is 0.573 e. The average molecular weight is 563 g/mol. The molecule has 11 nitrogen and oxygen atoms in total. The largest absolute Gasteiger partial charge is 0.573 e. The SMILES string of the molecule is O=C(CC1CCOC1)Nc1ccn(CCCCn2cc(C(=O)NCc3cccc(OC(F)(F)F)c3)nn2)c(=O)c1. The third-order valence-corrected chi connectivity index (χ3v) is 6.17. The number of anilines is 1. The van der Waals surface area contributed by atoms with Crippen molar-refractivity contribution in [1.82, 2.24) is 24.9 Å². The van der Waals surface area contributed by atoms with E-state index in [1.165, 1.54) is 35.1 Å². The molecule has 0 spiro atoms. The van der Waals surface area contributed by atoms with Crippen LogP contribution in [0, 0.1) is 5.92 Å². The topological polar surface area (TPSA) is 129 Å². The monoisotopic (exact) mass is 562 g/mol. The van der Waals surface area contributed by atoms with Crippen LogP contribution in [0.1, 0.15) is 41.7 Å². The Labute approximate surface area is 227 Å². The fourth-order valence-electron chi connectivity index (χ4n) is 4.18. The molecule has 40 heavy (non-hydrogen) atoms. The molecule has 1 atom stereocenters. The number of alkyl halides is 3. The van der Waals surface area contributed by atoms with Gasteiger partial charge in [-0.25, -0.2) is 0 Å². The van der Waals surface area contributed by atoms with Gasteiger partial charge in [0, 0.05) is 57.2 Å². The molecule has 14 heteroatoms. The van der Waals surface area contributed by atoms with Gasteiger partial charge in [0.15, 0.2) is 5.69 Å². The maximum atomic E-state index is 12.4. The molecule has 0 saturated carbocycles. The van der Waals surface area contributed by atoms with Gasteiger partial charge in [-0.3, -0.25) is 19.1 Å². The molecule has 2 N–H and O–H groups in total. The third kappa shape index (κ3) is 8.93. The number of halogens is 3. The number of amides is 2. The number of pyridine rings is 1. The molecule has 3 heterocycles. The number of carbonyl (C=O) groups is 2. The molecule has 0 radical (unpaired) electrons. The van der Waals surface area contributed by atoms with Crippen LogP contribution in [0.2, 0.25) is 0 Å².